The third kappa shape index (κ3) is 2.32. The second kappa shape index (κ2) is 6.10. The summed E-state index contributed by atoms with van der Waals surface area (Å²) in [5, 5.41) is 12.1. The average molecular weight is 379 g/mol. The zero-order valence-corrected chi connectivity index (χ0v) is 15.6. The van der Waals surface area contributed by atoms with Crippen molar-refractivity contribution in [3.63, 3.8) is 0 Å². The Hall–Kier alpha value is -2.80. The summed E-state index contributed by atoms with van der Waals surface area (Å²) in [4.78, 5) is 41.4. The SMILES string of the molecule is CN1[C@@H]2CCC[C@H]1C[C@H](N1C(=O)c3cccc4c([N+](=O)[O-])ccc(c34)C1=O)C2. The first kappa shape index (κ1) is 17.3. The van der Waals surface area contributed by atoms with E-state index in [1.54, 1.807) is 18.2 Å². The molecule has 2 saturated heterocycles. The van der Waals surface area contributed by atoms with Crippen LogP contribution in [-0.4, -0.2) is 51.7 Å². The Morgan fingerprint density at radius 2 is 1.61 bits per heavy atom. The summed E-state index contributed by atoms with van der Waals surface area (Å²) in [5.74, 6) is -0.646. The number of piperidine rings is 2. The predicted molar refractivity (Wildman–Crippen MR) is 103 cm³/mol. The molecule has 2 bridgehead atoms. The Morgan fingerprint density at radius 3 is 2.25 bits per heavy atom. The molecule has 2 fully saturated rings. The van der Waals surface area contributed by atoms with Crippen molar-refractivity contribution in [1.29, 1.82) is 0 Å². The molecule has 0 N–H and O–H groups in total. The van der Waals surface area contributed by atoms with E-state index in [4.69, 9.17) is 0 Å². The van der Waals surface area contributed by atoms with Gasteiger partial charge in [-0.3, -0.25) is 24.6 Å². The van der Waals surface area contributed by atoms with Crippen LogP contribution in [0.4, 0.5) is 5.69 Å². The average Bonchev–Trinajstić information content (AvgIpc) is 2.66. The van der Waals surface area contributed by atoms with Crippen molar-refractivity contribution < 1.29 is 14.5 Å². The summed E-state index contributed by atoms with van der Waals surface area (Å²) in [7, 11) is 2.14. The van der Waals surface area contributed by atoms with Gasteiger partial charge in [-0.05, 0) is 50.9 Å². The number of carbonyl (C=O) groups excluding carboxylic acids is 2. The van der Waals surface area contributed by atoms with Crippen LogP contribution in [0.3, 0.4) is 0 Å². The summed E-state index contributed by atoms with van der Waals surface area (Å²) in [5.41, 5.74) is 0.697. The van der Waals surface area contributed by atoms with E-state index in [1.807, 2.05) is 0 Å². The van der Waals surface area contributed by atoms with Gasteiger partial charge in [-0.25, -0.2) is 0 Å². The van der Waals surface area contributed by atoms with Crippen LogP contribution < -0.4 is 0 Å². The quantitative estimate of drug-likeness (QED) is 0.454. The second-order valence-electron chi connectivity index (χ2n) is 8.13. The van der Waals surface area contributed by atoms with Crippen LogP contribution >= 0.6 is 0 Å². The van der Waals surface area contributed by atoms with Crippen molar-refractivity contribution >= 4 is 28.3 Å². The molecule has 7 heteroatoms. The number of amides is 2. The number of hydrogen-bond acceptors (Lipinski definition) is 5. The standard InChI is InChI=1S/C21H21N3O4/c1-22-12-4-2-5-13(22)11-14(10-12)23-20(25)16-7-3-6-15-18(24(27)28)9-8-17(19(15)16)21(23)26/h3,6-9,12-14H,2,4-5,10-11H2,1H3/t12-,13+,14-. The number of imide groups is 1. The number of non-ortho nitro benzene ring substituents is 1. The van der Waals surface area contributed by atoms with Gasteiger partial charge >= 0.3 is 0 Å². The number of nitro benzene ring substituents is 1. The largest absolute Gasteiger partial charge is 0.300 e. The lowest BCUT2D eigenvalue weighted by molar-refractivity contribution is -0.383. The van der Waals surface area contributed by atoms with E-state index in [-0.39, 0.29) is 23.5 Å². The van der Waals surface area contributed by atoms with E-state index in [0.717, 1.165) is 25.7 Å². The van der Waals surface area contributed by atoms with Crippen molar-refractivity contribution in [1.82, 2.24) is 9.80 Å². The molecule has 0 radical (unpaired) electrons. The molecule has 0 unspecified atom stereocenters. The van der Waals surface area contributed by atoms with E-state index in [1.165, 1.54) is 23.5 Å². The maximum Gasteiger partial charge on any atom is 0.277 e. The summed E-state index contributed by atoms with van der Waals surface area (Å²) >= 11 is 0. The van der Waals surface area contributed by atoms with Gasteiger partial charge in [0.1, 0.15) is 0 Å². The zero-order valence-electron chi connectivity index (χ0n) is 15.6. The van der Waals surface area contributed by atoms with E-state index in [0.29, 0.717) is 34.0 Å². The molecule has 3 heterocycles. The fourth-order valence-electron chi connectivity index (χ4n) is 5.39. The smallest absolute Gasteiger partial charge is 0.277 e. The molecule has 5 rings (SSSR count). The summed E-state index contributed by atoms with van der Waals surface area (Å²) < 4.78 is 0. The first-order valence-corrected chi connectivity index (χ1v) is 9.77. The second-order valence-corrected chi connectivity index (χ2v) is 8.13. The highest BCUT2D eigenvalue weighted by Gasteiger charge is 2.44. The Morgan fingerprint density at radius 1 is 0.964 bits per heavy atom. The lowest BCUT2D eigenvalue weighted by Crippen LogP contribution is -2.58. The van der Waals surface area contributed by atoms with Crippen molar-refractivity contribution in [3.05, 3.63) is 51.6 Å². The van der Waals surface area contributed by atoms with Crippen LogP contribution in [0, 0.1) is 10.1 Å². The highest BCUT2D eigenvalue weighted by molar-refractivity contribution is 6.26. The van der Waals surface area contributed by atoms with Gasteiger partial charge in [0, 0.05) is 40.7 Å². The molecule has 0 spiro atoms. The third-order valence-corrected chi connectivity index (χ3v) is 6.79. The van der Waals surface area contributed by atoms with Crippen molar-refractivity contribution in [2.45, 2.75) is 50.2 Å². The van der Waals surface area contributed by atoms with Crippen molar-refractivity contribution in [2.24, 2.45) is 0 Å². The fourth-order valence-corrected chi connectivity index (χ4v) is 5.39. The van der Waals surface area contributed by atoms with E-state index in [2.05, 4.69) is 11.9 Å². The number of nitrogens with zero attached hydrogens (tertiary/aromatic N) is 3. The molecule has 2 aromatic carbocycles. The molecule has 2 aromatic rings. The zero-order chi connectivity index (χ0) is 19.6. The van der Waals surface area contributed by atoms with Crippen LogP contribution in [0.1, 0.15) is 52.8 Å². The highest BCUT2D eigenvalue weighted by atomic mass is 16.6. The van der Waals surface area contributed by atoms with Crippen molar-refractivity contribution in [3.8, 4) is 0 Å². The Balaban J connectivity index is 1.60. The van der Waals surface area contributed by atoms with E-state index < -0.39 is 4.92 Å². The molecule has 3 aliphatic rings. The van der Waals surface area contributed by atoms with Gasteiger partial charge < -0.3 is 4.90 Å². The van der Waals surface area contributed by atoms with Gasteiger partial charge in [0.25, 0.3) is 17.5 Å². The van der Waals surface area contributed by atoms with Gasteiger partial charge in [-0.15, -0.1) is 0 Å². The van der Waals surface area contributed by atoms with E-state index >= 15 is 0 Å². The van der Waals surface area contributed by atoms with Crippen LogP contribution in [0.5, 0.6) is 0 Å². The lowest BCUT2D eigenvalue weighted by Gasteiger charge is -2.49. The minimum Gasteiger partial charge on any atom is -0.300 e. The molecule has 0 saturated carbocycles. The van der Waals surface area contributed by atoms with Crippen molar-refractivity contribution in [2.75, 3.05) is 7.05 Å². The van der Waals surface area contributed by atoms with Gasteiger partial charge in [-0.2, -0.15) is 0 Å². The molecular formula is C21H21N3O4. The molecule has 0 aromatic heterocycles. The fraction of sp³-hybridized carbons (Fsp3) is 0.429. The number of fused-ring (bicyclic) bond motifs is 2. The Bertz CT molecular complexity index is 997. The van der Waals surface area contributed by atoms with E-state index in [9.17, 15) is 19.7 Å². The molecule has 144 valence electrons. The van der Waals surface area contributed by atoms with Crippen LogP contribution in [0.25, 0.3) is 10.8 Å². The van der Waals surface area contributed by atoms with Crippen LogP contribution in [0.2, 0.25) is 0 Å². The van der Waals surface area contributed by atoms with Gasteiger partial charge in [0.15, 0.2) is 0 Å². The van der Waals surface area contributed by atoms with Gasteiger partial charge in [0.05, 0.1) is 10.3 Å². The third-order valence-electron chi connectivity index (χ3n) is 6.79. The summed E-state index contributed by atoms with van der Waals surface area (Å²) in [6.45, 7) is 0. The number of nitro groups is 1. The molecule has 28 heavy (non-hydrogen) atoms. The minimum atomic E-state index is -0.470. The molecule has 2 amide bonds. The highest BCUT2D eigenvalue weighted by Crippen LogP contribution is 2.40. The molecule has 0 aliphatic carbocycles. The predicted octanol–water partition coefficient (Wildman–Crippen LogP) is 3.36. The molecule has 3 aliphatic heterocycles. The van der Waals surface area contributed by atoms with Gasteiger partial charge in [-0.1, -0.05) is 12.5 Å². The number of benzene rings is 2. The van der Waals surface area contributed by atoms with Gasteiger partial charge in [0.2, 0.25) is 0 Å². The first-order chi connectivity index (χ1) is 13.5. The lowest BCUT2D eigenvalue weighted by atomic mass is 9.80. The topological polar surface area (TPSA) is 83.8 Å². The monoisotopic (exact) mass is 379 g/mol. The summed E-state index contributed by atoms with van der Waals surface area (Å²) in [6.07, 6.45) is 4.97. The molecule has 7 nitrogen and oxygen atoms in total. The normalized spacial score (nSPS) is 27.3. The number of rotatable bonds is 2. The molecule has 3 atom stereocenters. The maximum atomic E-state index is 13.3. The summed E-state index contributed by atoms with van der Waals surface area (Å²) in [6, 6.07) is 8.48. The number of hydrogen-bond donors (Lipinski definition) is 0. The van der Waals surface area contributed by atoms with Crippen LogP contribution in [-0.2, 0) is 0 Å². The number of carbonyl (C=O) groups is 2. The Labute approximate surface area is 162 Å². The van der Waals surface area contributed by atoms with Crippen LogP contribution in [0.15, 0.2) is 30.3 Å². The Kier molecular flexibility index (Phi) is 3.77. The maximum absolute atomic E-state index is 13.3. The first-order valence-electron chi connectivity index (χ1n) is 9.77. The minimum absolute atomic E-state index is 0.0801. The molecular weight excluding hydrogens is 358 g/mol.